The number of nitrogens with zero attached hydrogens (tertiary/aromatic N) is 3. The molecule has 138 valence electrons. The summed E-state index contributed by atoms with van der Waals surface area (Å²) in [5, 5.41) is 7.15. The van der Waals surface area contributed by atoms with E-state index >= 15 is 0 Å². The van der Waals surface area contributed by atoms with E-state index in [1.165, 1.54) is 71.2 Å². The van der Waals surface area contributed by atoms with Gasteiger partial charge in [0.25, 0.3) is 0 Å². The molecule has 0 amide bonds. The summed E-state index contributed by atoms with van der Waals surface area (Å²) in [5.41, 5.74) is 0. The molecule has 2 aliphatic heterocycles. The first-order valence-corrected chi connectivity index (χ1v) is 10.3. The third kappa shape index (κ3) is 4.85. The van der Waals surface area contributed by atoms with Crippen LogP contribution in [0.25, 0.3) is 0 Å². The summed E-state index contributed by atoms with van der Waals surface area (Å²) >= 11 is 0. The van der Waals surface area contributed by atoms with Crippen molar-refractivity contribution in [2.75, 3.05) is 45.8 Å². The molecule has 3 rings (SSSR count). The Kier molecular flexibility index (Phi) is 6.78. The number of nitrogens with one attached hydrogen (secondary N) is 2. The van der Waals surface area contributed by atoms with Gasteiger partial charge in [0.1, 0.15) is 0 Å². The summed E-state index contributed by atoms with van der Waals surface area (Å²) < 4.78 is 0. The van der Waals surface area contributed by atoms with Crippen LogP contribution in [0, 0.1) is 5.92 Å². The van der Waals surface area contributed by atoms with Gasteiger partial charge >= 0.3 is 0 Å². The summed E-state index contributed by atoms with van der Waals surface area (Å²) in [6, 6.07) is 1.42. The molecule has 3 fully saturated rings. The van der Waals surface area contributed by atoms with Crippen LogP contribution >= 0.6 is 0 Å². The lowest BCUT2D eigenvalue weighted by atomic mass is 10.1. The van der Waals surface area contributed by atoms with Crippen LogP contribution < -0.4 is 10.6 Å². The van der Waals surface area contributed by atoms with Crippen LogP contribution in [0.4, 0.5) is 0 Å². The fraction of sp³-hybridized carbons (Fsp3) is 0.947. The third-order valence-electron chi connectivity index (χ3n) is 6.07. The second kappa shape index (κ2) is 9.04. The Bertz CT molecular complexity index is 405. The van der Waals surface area contributed by atoms with Crippen molar-refractivity contribution in [1.82, 2.24) is 20.4 Å². The van der Waals surface area contributed by atoms with Crippen LogP contribution in [-0.4, -0.2) is 73.7 Å². The van der Waals surface area contributed by atoms with Gasteiger partial charge in [-0.1, -0.05) is 19.8 Å². The molecular weight excluding hydrogens is 298 g/mol. The van der Waals surface area contributed by atoms with Crippen LogP contribution in [0.1, 0.15) is 52.4 Å². The first-order valence-electron chi connectivity index (χ1n) is 10.3. The smallest absolute Gasteiger partial charge is 0.191 e. The molecule has 0 spiro atoms. The van der Waals surface area contributed by atoms with Gasteiger partial charge in [-0.15, -0.1) is 0 Å². The number of aliphatic imine (C=N–C) groups is 1. The molecular formula is C19H37N5. The first kappa shape index (κ1) is 18.0. The Morgan fingerprint density at radius 1 is 1.04 bits per heavy atom. The third-order valence-corrected chi connectivity index (χ3v) is 6.07. The van der Waals surface area contributed by atoms with E-state index in [1.807, 2.05) is 0 Å². The highest BCUT2D eigenvalue weighted by Crippen LogP contribution is 2.26. The summed E-state index contributed by atoms with van der Waals surface area (Å²) in [6.45, 7) is 12.4. The summed E-state index contributed by atoms with van der Waals surface area (Å²) in [5.74, 6) is 1.77. The van der Waals surface area contributed by atoms with Crippen molar-refractivity contribution in [3.05, 3.63) is 0 Å². The maximum absolute atomic E-state index is 4.90. The van der Waals surface area contributed by atoms with Crippen LogP contribution in [0.15, 0.2) is 4.99 Å². The maximum atomic E-state index is 4.90. The zero-order chi connectivity index (χ0) is 16.8. The Labute approximate surface area is 148 Å². The van der Waals surface area contributed by atoms with Gasteiger partial charge in [-0.05, 0) is 51.6 Å². The Morgan fingerprint density at radius 2 is 1.88 bits per heavy atom. The second-order valence-electron chi connectivity index (χ2n) is 7.83. The Balaban J connectivity index is 1.46. The van der Waals surface area contributed by atoms with E-state index < -0.39 is 0 Å². The fourth-order valence-corrected chi connectivity index (χ4v) is 4.59. The second-order valence-corrected chi connectivity index (χ2v) is 7.83. The Hall–Kier alpha value is -0.810. The van der Waals surface area contributed by atoms with E-state index in [0.717, 1.165) is 31.0 Å². The number of hydrogen-bond acceptors (Lipinski definition) is 3. The maximum Gasteiger partial charge on any atom is 0.191 e. The molecule has 3 aliphatic rings. The quantitative estimate of drug-likeness (QED) is 0.575. The highest BCUT2D eigenvalue weighted by atomic mass is 15.3. The monoisotopic (exact) mass is 335 g/mol. The minimum absolute atomic E-state index is 0.569. The minimum Gasteiger partial charge on any atom is -0.357 e. The highest BCUT2D eigenvalue weighted by Gasteiger charge is 2.30. The van der Waals surface area contributed by atoms with E-state index in [0.29, 0.717) is 6.04 Å². The summed E-state index contributed by atoms with van der Waals surface area (Å²) in [4.78, 5) is 10.2. The number of likely N-dealkylation sites (tertiary alicyclic amines) is 2. The molecule has 0 aromatic carbocycles. The summed E-state index contributed by atoms with van der Waals surface area (Å²) in [6.07, 6.45) is 8.25. The van der Waals surface area contributed by atoms with E-state index in [-0.39, 0.29) is 0 Å². The van der Waals surface area contributed by atoms with E-state index in [9.17, 15) is 0 Å². The number of guanidine groups is 1. The predicted molar refractivity (Wildman–Crippen MR) is 102 cm³/mol. The Morgan fingerprint density at radius 3 is 2.58 bits per heavy atom. The topological polar surface area (TPSA) is 42.9 Å². The SMILES string of the molecule is CCNC(=NCC1CCN(CC)C1)NC1CCN(C2CCCC2)C1. The molecule has 1 saturated carbocycles. The van der Waals surface area contributed by atoms with Gasteiger partial charge in [0.15, 0.2) is 5.96 Å². The molecule has 0 radical (unpaired) electrons. The molecule has 24 heavy (non-hydrogen) atoms. The molecule has 0 aromatic rings. The van der Waals surface area contributed by atoms with Gasteiger partial charge in [-0.3, -0.25) is 9.89 Å². The van der Waals surface area contributed by atoms with E-state index in [1.54, 1.807) is 0 Å². The minimum atomic E-state index is 0.569. The van der Waals surface area contributed by atoms with Crippen LogP contribution in [0.5, 0.6) is 0 Å². The standard InChI is InChI=1S/C19H37N5/c1-3-20-19(21-13-16-9-11-23(4-2)14-16)22-17-10-12-24(15-17)18-7-5-6-8-18/h16-18H,3-15H2,1-2H3,(H2,20,21,22). The number of hydrogen-bond donors (Lipinski definition) is 2. The molecule has 2 saturated heterocycles. The van der Waals surface area contributed by atoms with Gasteiger partial charge in [-0.25, -0.2) is 0 Å². The van der Waals surface area contributed by atoms with Crippen LogP contribution in [0.2, 0.25) is 0 Å². The van der Waals surface area contributed by atoms with Gasteiger partial charge in [-0.2, -0.15) is 0 Å². The molecule has 0 bridgehead atoms. The lowest BCUT2D eigenvalue weighted by Crippen LogP contribution is -2.45. The molecule has 2 atom stereocenters. The predicted octanol–water partition coefficient (Wildman–Crippen LogP) is 1.90. The molecule has 5 heteroatoms. The summed E-state index contributed by atoms with van der Waals surface area (Å²) in [7, 11) is 0. The zero-order valence-corrected chi connectivity index (χ0v) is 15.8. The first-order chi connectivity index (χ1) is 11.8. The van der Waals surface area contributed by atoms with E-state index in [2.05, 4.69) is 34.3 Å². The largest absolute Gasteiger partial charge is 0.357 e. The lowest BCUT2D eigenvalue weighted by molar-refractivity contribution is 0.242. The van der Waals surface area contributed by atoms with Crippen molar-refractivity contribution in [3.63, 3.8) is 0 Å². The molecule has 2 N–H and O–H groups in total. The van der Waals surface area contributed by atoms with Crippen LogP contribution in [0.3, 0.4) is 0 Å². The normalized spacial score (nSPS) is 30.3. The van der Waals surface area contributed by atoms with Gasteiger partial charge < -0.3 is 15.5 Å². The molecule has 0 aromatic heterocycles. The molecule has 2 unspecified atom stereocenters. The van der Waals surface area contributed by atoms with Crippen molar-refractivity contribution in [1.29, 1.82) is 0 Å². The van der Waals surface area contributed by atoms with Gasteiger partial charge in [0.05, 0.1) is 0 Å². The molecule has 2 heterocycles. The van der Waals surface area contributed by atoms with Crippen molar-refractivity contribution in [2.24, 2.45) is 10.9 Å². The van der Waals surface area contributed by atoms with Crippen molar-refractivity contribution in [2.45, 2.75) is 64.5 Å². The van der Waals surface area contributed by atoms with Crippen molar-refractivity contribution >= 4 is 5.96 Å². The zero-order valence-electron chi connectivity index (χ0n) is 15.8. The average Bonchev–Trinajstić information content (AvgIpc) is 3.33. The fourth-order valence-electron chi connectivity index (χ4n) is 4.59. The van der Waals surface area contributed by atoms with Crippen LogP contribution in [-0.2, 0) is 0 Å². The lowest BCUT2D eigenvalue weighted by Gasteiger charge is -2.24. The highest BCUT2D eigenvalue weighted by molar-refractivity contribution is 5.80. The molecule has 5 nitrogen and oxygen atoms in total. The van der Waals surface area contributed by atoms with Crippen molar-refractivity contribution < 1.29 is 0 Å². The molecule has 1 aliphatic carbocycles. The van der Waals surface area contributed by atoms with Crippen molar-refractivity contribution in [3.8, 4) is 0 Å². The average molecular weight is 336 g/mol. The number of rotatable bonds is 6. The van der Waals surface area contributed by atoms with Gasteiger partial charge in [0.2, 0.25) is 0 Å². The van der Waals surface area contributed by atoms with E-state index in [4.69, 9.17) is 4.99 Å². The van der Waals surface area contributed by atoms with Gasteiger partial charge in [0, 0.05) is 44.8 Å².